The average Bonchev–Trinajstić information content (AvgIpc) is 2.27. The van der Waals surface area contributed by atoms with Crippen LogP contribution in [0.3, 0.4) is 0 Å². The van der Waals surface area contributed by atoms with Crippen molar-refractivity contribution in [3.63, 3.8) is 0 Å². The van der Waals surface area contributed by atoms with Crippen molar-refractivity contribution < 1.29 is 4.74 Å². The van der Waals surface area contributed by atoms with Gasteiger partial charge in [0.2, 0.25) is 0 Å². The Morgan fingerprint density at radius 3 is 2.56 bits per heavy atom. The zero-order valence-electron chi connectivity index (χ0n) is 11.0. The molecule has 1 heterocycles. The molecule has 1 unspecified atom stereocenters. The van der Waals surface area contributed by atoms with Gasteiger partial charge in [-0.15, -0.1) is 0 Å². The average molecular weight is 228 g/mol. The van der Waals surface area contributed by atoms with Gasteiger partial charge >= 0.3 is 0 Å². The first-order valence-corrected chi connectivity index (χ1v) is 6.69. The maximum atomic E-state index is 5.74. The lowest BCUT2D eigenvalue weighted by Gasteiger charge is -2.31. The van der Waals surface area contributed by atoms with E-state index in [2.05, 4.69) is 11.8 Å². The SMILES string of the molecule is COCC1CCN(CCCCC(C)N)CC1. The highest BCUT2D eigenvalue weighted by molar-refractivity contribution is 4.72. The number of ether oxygens (including phenoxy) is 1. The third-order valence-electron chi connectivity index (χ3n) is 3.49. The summed E-state index contributed by atoms with van der Waals surface area (Å²) in [5.74, 6) is 0.797. The fourth-order valence-electron chi connectivity index (χ4n) is 2.41. The third kappa shape index (κ3) is 5.83. The third-order valence-corrected chi connectivity index (χ3v) is 3.49. The Hall–Kier alpha value is -0.120. The van der Waals surface area contributed by atoms with Gasteiger partial charge in [0.25, 0.3) is 0 Å². The summed E-state index contributed by atoms with van der Waals surface area (Å²) in [6, 6.07) is 0.368. The van der Waals surface area contributed by atoms with Crippen LogP contribution in [-0.4, -0.2) is 44.3 Å². The summed E-state index contributed by atoms with van der Waals surface area (Å²) in [7, 11) is 1.81. The second-order valence-corrected chi connectivity index (χ2v) is 5.21. The van der Waals surface area contributed by atoms with Crippen molar-refractivity contribution in [1.82, 2.24) is 4.90 Å². The van der Waals surface area contributed by atoms with E-state index in [4.69, 9.17) is 10.5 Å². The minimum absolute atomic E-state index is 0.368. The number of methoxy groups -OCH3 is 1. The van der Waals surface area contributed by atoms with Crippen LogP contribution in [0.5, 0.6) is 0 Å². The Balaban J connectivity index is 1.99. The number of rotatable bonds is 7. The summed E-state index contributed by atoms with van der Waals surface area (Å²) >= 11 is 0. The highest BCUT2D eigenvalue weighted by atomic mass is 16.5. The zero-order chi connectivity index (χ0) is 11.8. The summed E-state index contributed by atoms with van der Waals surface area (Å²) in [5, 5.41) is 0. The van der Waals surface area contributed by atoms with Crippen molar-refractivity contribution >= 4 is 0 Å². The Morgan fingerprint density at radius 2 is 2.00 bits per heavy atom. The minimum Gasteiger partial charge on any atom is -0.384 e. The Morgan fingerprint density at radius 1 is 1.31 bits per heavy atom. The smallest absolute Gasteiger partial charge is 0.0491 e. The normalized spacial score (nSPS) is 21.2. The van der Waals surface area contributed by atoms with Gasteiger partial charge in [-0.1, -0.05) is 6.42 Å². The molecular formula is C13H28N2O. The summed E-state index contributed by atoms with van der Waals surface area (Å²) in [4.78, 5) is 2.59. The van der Waals surface area contributed by atoms with Crippen molar-refractivity contribution in [2.24, 2.45) is 11.7 Å². The molecule has 1 aliphatic heterocycles. The van der Waals surface area contributed by atoms with Crippen LogP contribution >= 0.6 is 0 Å². The van der Waals surface area contributed by atoms with Gasteiger partial charge in [-0.2, -0.15) is 0 Å². The van der Waals surface area contributed by atoms with Crippen molar-refractivity contribution in [2.45, 2.75) is 45.1 Å². The van der Waals surface area contributed by atoms with Gasteiger partial charge in [0.1, 0.15) is 0 Å². The molecule has 1 aliphatic rings. The topological polar surface area (TPSA) is 38.5 Å². The number of unbranched alkanes of at least 4 members (excludes halogenated alkanes) is 1. The van der Waals surface area contributed by atoms with E-state index in [1.807, 2.05) is 0 Å². The molecule has 0 spiro atoms. The Bertz CT molecular complexity index is 165. The van der Waals surface area contributed by atoms with Gasteiger partial charge in [0.15, 0.2) is 0 Å². The van der Waals surface area contributed by atoms with Gasteiger partial charge in [0, 0.05) is 19.8 Å². The molecule has 0 amide bonds. The van der Waals surface area contributed by atoms with E-state index in [9.17, 15) is 0 Å². The lowest BCUT2D eigenvalue weighted by molar-refractivity contribution is 0.0987. The molecular weight excluding hydrogens is 200 g/mol. The molecule has 0 aromatic heterocycles. The van der Waals surface area contributed by atoms with Gasteiger partial charge < -0.3 is 15.4 Å². The molecule has 3 heteroatoms. The second kappa shape index (κ2) is 8.04. The Labute approximate surface area is 100 Å². The van der Waals surface area contributed by atoms with Crippen LogP contribution in [-0.2, 0) is 4.74 Å². The predicted molar refractivity (Wildman–Crippen MR) is 68.5 cm³/mol. The molecule has 16 heavy (non-hydrogen) atoms. The number of nitrogens with two attached hydrogens (primary N) is 1. The summed E-state index contributed by atoms with van der Waals surface area (Å²) in [6.07, 6.45) is 6.36. The number of likely N-dealkylation sites (tertiary alicyclic amines) is 1. The fraction of sp³-hybridized carbons (Fsp3) is 1.00. The highest BCUT2D eigenvalue weighted by Crippen LogP contribution is 2.17. The number of hydrogen-bond donors (Lipinski definition) is 1. The molecule has 0 saturated carbocycles. The molecule has 1 fully saturated rings. The number of piperidine rings is 1. The number of hydrogen-bond acceptors (Lipinski definition) is 3. The van der Waals surface area contributed by atoms with Gasteiger partial charge in [0.05, 0.1) is 0 Å². The second-order valence-electron chi connectivity index (χ2n) is 5.21. The number of nitrogens with zero attached hydrogens (tertiary/aromatic N) is 1. The van der Waals surface area contributed by atoms with Gasteiger partial charge in [-0.3, -0.25) is 0 Å². The predicted octanol–water partition coefficient (Wildman–Crippen LogP) is 1.86. The van der Waals surface area contributed by atoms with Gasteiger partial charge in [-0.25, -0.2) is 0 Å². The van der Waals surface area contributed by atoms with E-state index in [0.29, 0.717) is 6.04 Å². The molecule has 0 aromatic carbocycles. The van der Waals surface area contributed by atoms with Crippen molar-refractivity contribution in [3.05, 3.63) is 0 Å². The molecule has 96 valence electrons. The summed E-state index contributed by atoms with van der Waals surface area (Å²) < 4.78 is 5.21. The first-order valence-electron chi connectivity index (χ1n) is 6.69. The maximum Gasteiger partial charge on any atom is 0.0491 e. The monoisotopic (exact) mass is 228 g/mol. The van der Waals surface area contributed by atoms with Crippen LogP contribution in [0.2, 0.25) is 0 Å². The van der Waals surface area contributed by atoms with Crippen LogP contribution in [0.1, 0.15) is 39.0 Å². The highest BCUT2D eigenvalue weighted by Gasteiger charge is 2.18. The van der Waals surface area contributed by atoms with Crippen LogP contribution in [0.15, 0.2) is 0 Å². The standard InChI is InChI=1S/C13H28N2O/c1-12(14)5-3-4-8-15-9-6-13(7-10-15)11-16-2/h12-13H,3-11,14H2,1-2H3. The Kier molecular flexibility index (Phi) is 7.01. The van der Waals surface area contributed by atoms with Crippen molar-refractivity contribution in [1.29, 1.82) is 0 Å². The lowest BCUT2D eigenvalue weighted by Crippen LogP contribution is -2.35. The zero-order valence-corrected chi connectivity index (χ0v) is 11.0. The molecule has 3 nitrogen and oxygen atoms in total. The maximum absolute atomic E-state index is 5.74. The van der Waals surface area contributed by atoms with Crippen LogP contribution in [0.4, 0.5) is 0 Å². The fourth-order valence-corrected chi connectivity index (χ4v) is 2.41. The molecule has 1 saturated heterocycles. The minimum atomic E-state index is 0.368. The first-order chi connectivity index (χ1) is 7.72. The first kappa shape index (κ1) is 13.9. The van der Waals surface area contributed by atoms with Crippen molar-refractivity contribution in [3.8, 4) is 0 Å². The van der Waals surface area contributed by atoms with Crippen molar-refractivity contribution in [2.75, 3.05) is 33.4 Å². The molecule has 0 aromatic rings. The molecule has 0 radical (unpaired) electrons. The molecule has 2 N–H and O–H groups in total. The van der Waals surface area contributed by atoms with Crippen LogP contribution in [0.25, 0.3) is 0 Å². The van der Waals surface area contributed by atoms with E-state index in [0.717, 1.165) is 12.5 Å². The summed E-state index contributed by atoms with van der Waals surface area (Å²) in [5.41, 5.74) is 5.74. The quantitative estimate of drug-likeness (QED) is 0.676. The van der Waals surface area contributed by atoms with Crippen LogP contribution < -0.4 is 5.73 Å². The van der Waals surface area contributed by atoms with E-state index in [-0.39, 0.29) is 0 Å². The lowest BCUT2D eigenvalue weighted by atomic mass is 9.97. The van der Waals surface area contributed by atoms with E-state index in [1.54, 1.807) is 7.11 Å². The molecule has 0 bridgehead atoms. The van der Waals surface area contributed by atoms with E-state index in [1.165, 1.54) is 51.7 Å². The van der Waals surface area contributed by atoms with Gasteiger partial charge in [-0.05, 0) is 58.2 Å². The van der Waals surface area contributed by atoms with E-state index < -0.39 is 0 Å². The molecule has 1 atom stereocenters. The van der Waals surface area contributed by atoms with Crippen LogP contribution in [0, 0.1) is 5.92 Å². The summed E-state index contributed by atoms with van der Waals surface area (Å²) in [6.45, 7) is 6.81. The van der Waals surface area contributed by atoms with E-state index >= 15 is 0 Å². The molecule has 0 aliphatic carbocycles. The largest absolute Gasteiger partial charge is 0.384 e. The molecule has 1 rings (SSSR count).